The first-order valence-electron chi connectivity index (χ1n) is 9.23. The van der Waals surface area contributed by atoms with Crippen molar-refractivity contribution in [3.8, 4) is 22.6 Å². The van der Waals surface area contributed by atoms with E-state index < -0.39 is 0 Å². The van der Waals surface area contributed by atoms with Crippen LogP contribution in [0.2, 0.25) is 0 Å². The predicted molar refractivity (Wildman–Crippen MR) is 116 cm³/mol. The summed E-state index contributed by atoms with van der Waals surface area (Å²) in [5.74, 6) is 1.57. The van der Waals surface area contributed by atoms with Gasteiger partial charge in [0.05, 0.1) is 0 Å². The second-order valence-corrected chi connectivity index (χ2v) is 6.81. The Morgan fingerprint density at radius 2 is 0.821 bits per heavy atom. The molecule has 28 heavy (non-hydrogen) atoms. The van der Waals surface area contributed by atoms with Crippen LogP contribution in [0.1, 0.15) is 11.1 Å². The zero-order valence-corrected chi connectivity index (χ0v) is 15.5. The molecule has 3 nitrogen and oxygen atoms in total. The first-order valence-corrected chi connectivity index (χ1v) is 9.23. The molecule has 0 amide bonds. The largest absolute Gasteiger partial charge is 0.457 e. The molecule has 4 aromatic carbocycles. The van der Waals surface area contributed by atoms with E-state index in [-0.39, 0.29) is 0 Å². The van der Waals surface area contributed by atoms with E-state index in [4.69, 9.17) is 16.2 Å². The second kappa shape index (κ2) is 7.89. The highest BCUT2D eigenvalue weighted by atomic mass is 16.5. The lowest BCUT2D eigenvalue weighted by molar-refractivity contribution is 0.483. The molecular formula is C25H22N2O. The van der Waals surface area contributed by atoms with Gasteiger partial charge in [-0.2, -0.15) is 0 Å². The summed E-state index contributed by atoms with van der Waals surface area (Å²) >= 11 is 0. The molecule has 4 rings (SSSR count). The van der Waals surface area contributed by atoms with Gasteiger partial charge >= 0.3 is 0 Å². The predicted octanol–water partition coefficient (Wildman–Crippen LogP) is 5.90. The molecule has 0 aliphatic rings. The smallest absolute Gasteiger partial charge is 0.127 e. The molecule has 0 saturated heterocycles. The minimum Gasteiger partial charge on any atom is -0.457 e. The fourth-order valence-electron chi connectivity index (χ4n) is 3.07. The first-order chi connectivity index (χ1) is 13.7. The molecule has 0 aliphatic carbocycles. The molecule has 0 aliphatic heterocycles. The Hall–Kier alpha value is -3.72. The number of nitrogen functional groups attached to an aromatic ring is 2. The van der Waals surface area contributed by atoms with Crippen LogP contribution in [-0.2, 0) is 6.42 Å². The van der Waals surface area contributed by atoms with Crippen LogP contribution in [0.5, 0.6) is 11.5 Å². The topological polar surface area (TPSA) is 61.3 Å². The van der Waals surface area contributed by atoms with Gasteiger partial charge in [-0.25, -0.2) is 0 Å². The van der Waals surface area contributed by atoms with Gasteiger partial charge in [0.15, 0.2) is 0 Å². The third-order valence-electron chi connectivity index (χ3n) is 4.65. The molecule has 0 saturated carbocycles. The number of rotatable bonds is 5. The third-order valence-corrected chi connectivity index (χ3v) is 4.65. The van der Waals surface area contributed by atoms with Crippen LogP contribution >= 0.6 is 0 Å². The van der Waals surface area contributed by atoms with Crippen molar-refractivity contribution in [3.05, 3.63) is 108 Å². The van der Waals surface area contributed by atoms with E-state index >= 15 is 0 Å². The molecule has 138 valence electrons. The zero-order valence-electron chi connectivity index (χ0n) is 15.5. The molecule has 3 heteroatoms. The zero-order chi connectivity index (χ0) is 19.3. The molecule has 4 aromatic rings. The van der Waals surface area contributed by atoms with Gasteiger partial charge in [0.2, 0.25) is 0 Å². The number of hydrogen-bond acceptors (Lipinski definition) is 3. The summed E-state index contributed by atoms with van der Waals surface area (Å²) in [6, 6.07) is 32.2. The Morgan fingerprint density at radius 1 is 0.464 bits per heavy atom. The molecule has 4 N–H and O–H groups in total. The Kier molecular flexibility index (Phi) is 4.98. The van der Waals surface area contributed by atoms with Crippen LogP contribution in [0.4, 0.5) is 11.4 Å². The number of benzene rings is 4. The van der Waals surface area contributed by atoms with Crippen molar-refractivity contribution in [3.63, 3.8) is 0 Å². The van der Waals surface area contributed by atoms with E-state index in [1.54, 1.807) is 0 Å². The summed E-state index contributed by atoms with van der Waals surface area (Å²) in [5, 5.41) is 0. The minimum atomic E-state index is 0.725. The van der Waals surface area contributed by atoms with Crippen molar-refractivity contribution >= 4 is 11.4 Å². The molecular weight excluding hydrogens is 344 g/mol. The molecule has 0 fully saturated rings. The third kappa shape index (κ3) is 4.33. The van der Waals surface area contributed by atoms with Gasteiger partial charge in [-0.1, -0.05) is 48.5 Å². The second-order valence-electron chi connectivity index (χ2n) is 6.81. The van der Waals surface area contributed by atoms with E-state index in [0.717, 1.165) is 34.9 Å². The molecule has 0 atom stereocenters. The van der Waals surface area contributed by atoms with Crippen molar-refractivity contribution in [2.75, 3.05) is 11.5 Å². The number of ether oxygens (including phenoxy) is 1. The summed E-state index contributed by atoms with van der Waals surface area (Å²) < 4.78 is 5.85. The van der Waals surface area contributed by atoms with E-state index in [2.05, 4.69) is 48.5 Å². The Labute approximate surface area is 165 Å². The van der Waals surface area contributed by atoms with E-state index in [1.165, 1.54) is 16.7 Å². The SMILES string of the molecule is Nc1ccc(Cc2ccc(-c3ccc(Oc4ccc(N)cc4)cc3)cc2)cc1. The Morgan fingerprint density at radius 3 is 1.32 bits per heavy atom. The number of anilines is 2. The quantitative estimate of drug-likeness (QED) is 0.432. The van der Waals surface area contributed by atoms with Crippen molar-refractivity contribution in [1.29, 1.82) is 0 Å². The molecule has 0 aromatic heterocycles. The van der Waals surface area contributed by atoms with Crippen LogP contribution in [-0.4, -0.2) is 0 Å². The minimum absolute atomic E-state index is 0.725. The standard InChI is InChI=1S/C25H22N2O/c26-22-9-3-19(4-10-22)17-18-1-5-20(6-2-18)21-7-13-24(14-8-21)28-25-15-11-23(27)12-16-25/h1-16H,17,26-27H2. The maximum absolute atomic E-state index is 5.85. The maximum Gasteiger partial charge on any atom is 0.127 e. The van der Waals surface area contributed by atoms with Crippen LogP contribution in [0.15, 0.2) is 97.1 Å². The Balaban J connectivity index is 1.43. The van der Waals surface area contributed by atoms with Crippen molar-refractivity contribution in [2.24, 2.45) is 0 Å². The van der Waals surface area contributed by atoms with Crippen LogP contribution in [0.25, 0.3) is 11.1 Å². The average molecular weight is 366 g/mol. The molecule has 0 bridgehead atoms. The molecule has 0 radical (unpaired) electrons. The highest BCUT2D eigenvalue weighted by Crippen LogP contribution is 2.27. The summed E-state index contributed by atoms with van der Waals surface area (Å²) in [4.78, 5) is 0. The van der Waals surface area contributed by atoms with Crippen LogP contribution in [0.3, 0.4) is 0 Å². The summed E-state index contributed by atoms with van der Waals surface area (Å²) in [7, 11) is 0. The average Bonchev–Trinajstić information content (AvgIpc) is 2.73. The highest BCUT2D eigenvalue weighted by molar-refractivity contribution is 5.64. The van der Waals surface area contributed by atoms with Gasteiger partial charge < -0.3 is 16.2 Å². The normalized spacial score (nSPS) is 10.6. The fraction of sp³-hybridized carbons (Fsp3) is 0.0400. The van der Waals surface area contributed by atoms with E-state index in [9.17, 15) is 0 Å². The first kappa shape index (κ1) is 17.7. The monoisotopic (exact) mass is 366 g/mol. The van der Waals surface area contributed by atoms with Crippen LogP contribution in [0, 0.1) is 0 Å². The van der Waals surface area contributed by atoms with Crippen molar-refractivity contribution < 1.29 is 4.74 Å². The lowest BCUT2D eigenvalue weighted by Gasteiger charge is -2.08. The highest BCUT2D eigenvalue weighted by Gasteiger charge is 2.02. The van der Waals surface area contributed by atoms with Crippen molar-refractivity contribution in [1.82, 2.24) is 0 Å². The maximum atomic E-state index is 5.85. The summed E-state index contributed by atoms with van der Waals surface area (Å²) in [5.41, 5.74) is 17.8. The lowest BCUT2D eigenvalue weighted by atomic mass is 10.0. The Bertz CT molecular complexity index is 947. The lowest BCUT2D eigenvalue weighted by Crippen LogP contribution is -1.90. The van der Waals surface area contributed by atoms with Gasteiger partial charge in [0.25, 0.3) is 0 Å². The molecule has 0 heterocycles. The van der Waals surface area contributed by atoms with Gasteiger partial charge in [0, 0.05) is 11.4 Å². The van der Waals surface area contributed by atoms with E-state index in [1.807, 2.05) is 48.5 Å². The summed E-state index contributed by atoms with van der Waals surface area (Å²) in [6.07, 6.45) is 0.898. The summed E-state index contributed by atoms with van der Waals surface area (Å²) in [6.45, 7) is 0. The van der Waals surface area contributed by atoms with Gasteiger partial charge in [0.1, 0.15) is 11.5 Å². The fourth-order valence-corrected chi connectivity index (χ4v) is 3.07. The van der Waals surface area contributed by atoms with Gasteiger partial charge in [-0.15, -0.1) is 0 Å². The van der Waals surface area contributed by atoms with Gasteiger partial charge in [-0.3, -0.25) is 0 Å². The molecule has 0 unspecified atom stereocenters. The van der Waals surface area contributed by atoms with Crippen LogP contribution < -0.4 is 16.2 Å². The number of nitrogens with two attached hydrogens (primary N) is 2. The van der Waals surface area contributed by atoms with Crippen molar-refractivity contribution in [2.45, 2.75) is 6.42 Å². The number of hydrogen-bond donors (Lipinski definition) is 2. The van der Waals surface area contributed by atoms with Gasteiger partial charge in [-0.05, 0) is 77.2 Å². The molecule has 0 spiro atoms. The van der Waals surface area contributed by atoms with E-state index in [0.29, 0.717) is 0 Å².